The molecule has 0 aromatic heterocycles. The van der Waals surface area contributed by atoms with E-state index in [2.05, 4.69) is 10.6 Å². The average Bonchev–Trinajstić information content (AvgIpc) is 2.55. The number of imide groups is 1. The number of anilines is 1. The van der Waals surface area contributed by atoms with Crippen molar-refractivity contribution in [3.8, 4) is 5.75 Å². The van der Waals surface area contributed by atoms with E-state index in [1.165, 1.54) is 6.20 Å². The van der Waals surface area contributed by atoms with Crippen LogP contribution < -0.4 is 21.1 Å². The molecule has 0 heterocycles. The summed E-state index contributed by atoms with van der Waals surface area (Å²) in [6.07, 6.45) is 3.09. The molecule has 0 fully saturated rings. The number of benzene rings is 2. The quantitative estimate of drug-likeness (QED) is 0.756. The molecule has 0 aliphatic heterocycles. The molecule has 23 heavy (non-hydrogen) atoms. The number of rotatable bonds is 4. The van der Waals surface area contributed by atoms with Gasteiger partial charge in [0.25, 0.3) is 5.91 Å². The largest absolute Gasteiger partial charge is 0.496 e. The van der Waals surface area contributed by atoms with E-state index in [4.69, 9.17) is 10.5 Å². The Morgan fingerprint density at radius 2 is 1.78 bits per heavy atom. The predicted molar refractivity (Wildman–Crippen MR) is 88.9 cm³/mol. The normalized spacial score (nSPS) is 10.3. The molecular formula is C17H17N3O3. The Bertz CT molecular complexity index is 741. The average molecular weight is 311 g/mol. The molecule has 118 valence electrons. The molecule has 0 aliphatic rings. The molecule has 4 N–H and O–H groups in total. The number of para-hydroxylation sites is 2. The molecule has 2 aromatic carbocycles. The van der Waals surface area contributed by atoms with Crippen molar-refractivity contribution in [2.45, 2.75) is 0 Å². The molecule has 6 nitrogen and oxygen atoms in total. The molecule has 6 heteroatoms. The summed E-state index contributed by atoms with van der Waals surface area (Å²) in [6, 6.07) is 13.2. The maximum atomic E-state index is 11.9. The highest BCUT2D eigenvalue weighted by atomic mass is 16.5. The molecule has 0 unspecified atom stereocenters. The van der Waals surface area contributed by atoms with Crippen LogP contribution in [0.2, 0.25) is 0 Å². The van der Waals surface area contributed by atoms with Crippen molar-refractivity contribution in [3.05, 3.63) is 65.9 Å². The van der Waals surface area contributed by atoms with Gasteiger partial charge >= 0.3 is 6.03 Å². The third kappa shape index (κ3) is 4.34. The lowest BCUT2D eigenvalue weighted by atomic mass is 10.2. The molecule has 0 bridgehead atoms. The predicted octanol–water partition coefficient (Wildman–Crippen LogP) is 2.39. The van der Waals surface area contributed by atoms with Crippen LogP contribution in [0.3, 0.4) is 0 Å². The number of ether oxygens (including phenoxy) is 1. The van der Waals surface area contributed by atoms with Gasteiger partial charge in [0.15, 0.2) is 0 Å². The van der Waals surface area contributed by atoms with Gasteiger partial charge in [-0.05, 0) is 24.3 Å². The summed E-state index contributed by atoms with van der Waals surface area (Å²) in [4.78, 5) is 23.6. The van der Waals surface area contributed by atoms with Crippen molar-refractivity contribution in [2.75, 3.05) is 12.8 Å². The Balaban J connectivity index is 1.94. The van der Waals surface area contributed by atoms with Gasteiger partial charge in [-0.1, -0.05) is 30.3 Å². The standard InChI is InChI=1S/C17H17N3O3/c1-23-15-9-5-2-6-12(15)10-11-19-17(22)20-16(21)13-7-3-4-8-14(13)18/h2-11H,18H2,1H3,(H2,19,20,21,22)/b11-10+. The van der Waals surface area contributed by atoms with E-state index in [-0.39, 0.29) is 5.56 Å². The van der Waals surface area contributed by atoms with Crippen LogP contribution in [0.1, 0.15) is 15.9 Å². The fourth-order valence-electron chi connectivity index (χ4n) is 1.92. The molecule has 0 radical (unpaired) electrons. The smallest absolute Gasteiger partial charge is 0.325 e. The minimum Gasteiger partial charge on any atom is -0.496 e. The van der Waals surface area contributed by atoms with Crippen LogP contribution in [0.5, 0.6) is 5.75 Å². The number of hydrogen-bond donors (Lipinski definition) is 3. The maximum Gasteiger partial charge on any atom is 0.325 e. The van der Waals surface area contributed by atoms with Crippen molar-refractivity contribution in [1.29, 1.82) is 0 Å². The molecule has 2 aromatic rings. The summed E-state index contributed by atoms with van der Waals surface area (Å²) >= 11 is 0. The fraction of sp³-hybridized carbons (Fsp3) is 0.0588. The summed E-state index contributed by atoms with van der Waals surface area (Å²) < 4.78 is 5.19. The third-order valence-electron chi connectivity index (χ3n) is 3.05. The molecule has 0 atom stereocenters. The molecule has 0 spiro atoms. The lowest BCUT2D eigenvalue weighted by molar-refractivity contribution is 0.0965. The number of carbonyl (C=O) groups excluding carboxylic acids is 2. The van der Waals surface area contributed by atoms with Crippen molar-refractivity contribution in [1.82, 2.24) is 10.6 Å². The van der Waals surface area contributed by atoms with Crippen LogP contribution in [0.25, 0.3) is 6.08 Å². The zero-order valence-corrected chi connectivity index (χ0v) is 12.6. The number of methoxy groups -OCH3 is 1. The molecule has 0 saturated carbocycles. The van der Waals surface area contributed by atoms with Gasteiger partial charge in [0.1, 0.15) is 5.75 Å². The van der Waals surface area contributed by atoms with Crippen molar-refractivity contribution in [2.24, 2.45) is 0 Å². The van der Waals surface area contributed by atoms with Gasteiger partial charge in [-0.3, -0.25) is 10.1 Å². The summed E-state index contributed by atoms with van der Waals surface area (Å²) in [7, 11) is 1.57. The number of nitrogen functional groups attached to an aromatic ring is 1. The highest BCUT2D eigenvalue weighted by molar-refractivity contribution is 6.07. The van der Waals surface area contributed by atoms with Crippen molar-refractivity contribution < 1.29 is 14.3 Å². The second-order valence-electron chi connectivity index (χ2n) is 4.59. The van der Waals surface area contributed by atoms with E-state index < -0.39 is 11.9 Å². The molecule has 3 amide bonds. The van der Waals surface area contributed by atoms with E-state index in [0.29, 0.717) is 11.4 Å². The molecule has 2 rings (SSSR count). The Kier molecular flexibility index (Phi) is 5.35. The first-order valence-electron chi connectivity index (χ1n) is 6.87. The zero-order valence-electron chi connectivity index (χ0n) is 12.6. The lowest BCUT2D eigenvalue weighted by Crippen LogP contribution is -2.37. The van der Waals surface area contributed by atoms with Crippen LogP contribution in [0.4, 0.5) is 10.5 Å². The second-order valence-corrected chi connectivity index (χ2v) is 4.59. The number of hydrogen-bond acceptors (Lipinski definition) is 4. The monoisotopic (exact) mass is 311 g/mol. The summed E-state index contributed by atoms with van der Waals surface area (Å²) in [5, 5.41) is 4.66. The zero-order chi connectivity index (χ0) is 16.7. The molecule has 0 saturated heterocycles. The second kappa shape index (κ2) is 7.65. The first-order valence-corrected chi connectivity index (χ1v) is 6.87. The Labute approximate surface area is 133 Å². The van der Waals surface area contributed by atoms with E-state index in [0.717, 1.165) is 5.56 Å². The van der Waals surface area contributed by atoms with E-state index >= 15 is 0 Å². The highest BCUT2D eigenvalue weighted by Crippen LogP contribution is 2.18. The number of amides is 3. The van der Waals surface area contributed by atoms with Gasteiger partial charge in [0.05, 0.1) is 12.7 Å². The summed E-state index contributed by atoms with van der Waals surface area (Å²) in [5.74, 6) is 0.116. The van der Waals surface area contributed by atoms with Crippen molar-refractivity contribution >= 4 is 23.7 Å². The van der Waals surface area contributed by atoms with E-state index in [1.807, 2.05) is 18.2 Å². The number of carbonyl (C=O) groups is 2. The van der Waals surface area contributed by atoms with Crippen LogP contribution in [-0.2, 0) is 0 Å². The van der Waals surface area contributed by atoms with Gasteiger partial charge in [0, 0.05) is 17.5 Å². The van der Waals surface area contributed by atoms with E-state index in [9.17, 15) is 9.59 Å². The van der Waals surface area contributed by atoms with Gasteiger partial charge in [-0.25, -0.2) is 4.79 Å². The van der Waals surface area contributed by atoms with E-state index in [1.54, 1.807) is 43.5 Å². The maximum absolute atomic E-state index is 11.9. The summed E-state index contributed by atoms with van der Waals surface area (Å²) in [5.41, 5.74) is 7.04. The van der Waals surface area contributed by atoms with Crippen LogP contribution in [0.15, 0.2) is 54.7 Å². The minimum atomic E-state index is -0.649. The molecule has 0 aliphatic carbocycles. The summed E-state index contributed by atoms with van der Waals surface area (Å²) in [6.45, 7) is 0. The SMILES string of the molecule is COc1ccccc1/C=C/NC(=O)NC(=O)c1ccccc1N. The Morgan fingerprint density at radius 1 is 1.09 bits per heavy atom. The molecular weight excluding hydrogens is 294 g/mol. The van der Waals surface area contributed by atoms with Crippen LogP contribution in [0, 0.1) is 0 Å². The highest BCUT2D eigenvalue weighted by Gasteiger charge is 2.11. The third-order valence-corrected chi connectivity index (χ3v) is 3.05. The van der Waals surface area contributed by atoms with Gasteiger partial charge < -0.3 is 15.8 Å². The Morgan fingerprint density at radius 3 is 2.52 bits per heavy atom. The topological polar surface area (TPSA) is 93.5 Å². The minimum absolute atomic E-state index is 0.247. The van der Waals surface area contributed by atoms with Gasteiger partial charge in [-0.15, -0.1) is 0 Å². The number of nitrogens with two attached hydrogens (primary N) is 1. The Hall–Kier alpha value is -3.28. The number of nitrogens with one attached hydrogen (secondary N) is 2. The van der Waals surface area contributed by atoms with Crippen LogP contribution >= 0.6 is 0 Å². The number of urea groups is 1. The lowest BCUT2D eigenvalue weighted by Gasteiger charge is -2.06. The van der Waals surface area contributed by atoms with Crippen LogP contribution in [-0.4, -0.2) is 19.0 Å². The fourth-order valence-corrected chi connectivity index (χ4v) is 1.92. The van der Waals surface area contributed by atoms with Gasteiger partial charge in [-0.2, -0.15) is 0 Å². The first-order chi connectivity index (χ1) is 11.1. The van der Waals surface area contributed by atoms with Gasteiger partial charge in [0.2, 0.25) is 0 Å². The first kappa shape index (κ1) is 16.1. The van der Waals surface area contributed by atoms with Crippen molar-refractivity contribution in [3.63, 3.8) is 0 Å².